The van der Waals surface area contributed by atoms with E-state index >= 15 is 0 Å². The minimum atomic E-state index is -1.24. The van der Waals surface area contributed by atoms with E-state index in [1.165, 1.54) is 0 Å². The van der Waals surface area contributed by atoms with Crippen molar-refractivity contribution in [3.8, 4) is 11.5 Å². The number of Topliss-reactive ketones (excluding diaryl/α,β-unsaturated/α-hetero) is 1. The van der Waals surface area contributed by atoms with E-state index in [0.717, 1.165) is 48.8 Å². The molecule has 9 rings (SSSR count). The Balaban J connectivity index is 1.18. The standard InChI is InChI=1S/C47H56N2O6/c1-31(32-12-8-6-9-13-32)48-42(52)49(29-34-16-17-36(54-4)26-38(34)55-5)30-46(53)23-20-40-44(46,3)22-19-39-43(2)21-18-35(50)27-45(43)24-25-47(39,40)37(28-45)41(51)33-14-10-7-11-15-33/h6-17,24-26,28,31,35,39-40,50,53H,18-23,27,29-30H2,1-5H3,(H,48,52). The SMILES string of the molecule is COc1ccc(CN(CC2(O)CCC3C45C=CC6(C=C4C(=O)c4ccccc4)CC(O)CCC6(C)C5CCC32C)C(=O)NC(C)c2ccccc2)c(OC)c1. The first-order valence-electron chi connectivity index (χ1n) is 20.1. The Hall–Kier alpha value is -4.40. The molecule has 6 aliphatic rings. The number of carbonyl (C=O) groups excluding carboxylic acids is 2. The van der Waals surface area contributed by atoms with Crippen LogP contribution in [-0.4, -0.2) is 59.4 Å². The summed E-state index contributed by atoms with van der Waals surface area (Å²) < 4.78 is 11.2. The Morgan fingerprint density at radius 2 is 1.55 bits per heavy atom. The van der Waals surface area contributed by atoms with Gasteiger partial charge in [-0.15, -0.1) is 0 Å². The molecule has 3 fully saturated rings. The monoisotopic (exact) mass is 744 g/mol. The fraction of sp³-hybridized carbons (Fsp3) is 0.489. The maximum absolute atomic E-state index is 14.8. The van der Waals surface area contributed by atoms with Gasteiger partial charge in [0.15, 0.2) is 5.78 Å². The van der Waals surface area contributed by atoms with E-state index in [4.69, 9.17) is 9.47 Å². The van der Waals surface area contributed by atoms with Crippen LogP contribution in [0.25, 0.3) is 0 Å². The smallest absolute Gasteiger partial charge is 0.318 e. The molecule has 290 valence electrons. The fourth-order valence-corrected chi connectivity index (χ4v) is 12.1. The zero-order valence-electron chi connectivity index (χ0n) is 32.9. The molecule has 55 heavy (non-hydrogen) atoms. The molecule has 0 aromatic heterocycles. The minimum Gasteiger partial charge on any atom is -0.497 e. The number of hydrogen-bond acceptors (Lipinski definition) is 6. The van der Waals surface area contributed by atoms with Gasteiger partial charge in [-0.25, -0.2) is 4.79 Å². The molecule has 3 saturated carbocycles. The first-order valence-corrected chi connectivity index (χ1v) is 20.1. The van der Waals surface area contributed by atoms with Crippen LogP contribution in [-0.2, 0) is 6.54 Å². The van der Waals surface area contributed by atoms with Crippen LogP contribution in [0, 0.1) is 33.5 Å². The van der Waals surface area contributed by atoms with Gasteiger partial charge in [-0.05, 0) is 86.8 Å². The van der Waals surface area contributed by atoms with Gasteiger partial charge in [0.2, 0.25) is 0 Å². The molecular weight excluding hydrogens is 689 g/mol. The second kappa shape index (κ2) is 13.7. The van der Waals surface area contributed by atoms with E-state index in [1.807, 2.05) is 85.8 Å². The quantitative estimate of drug-likeness (QED) is 0.142. The van der Waals surface area contributed by atoms with Crippen LogP contribution >= 0.6 is 0 Å². The molecule has 3 aromatic rings. The van der Waals surface area contributed by atoms with Gasteiger partial charge in [0.05, 0.1) is 45.1 Å². The number of benzene rings is 3. The summed E-state index contributed by atoms with van der Waals surface area (Å²) in [5, 5.41) is 27.5. The van der Waals surface area contributed by atoms with Crippen molar-refractivity contribution in [2.24, 2.45) is 33.5 Å². The van der Waals surface area contributed by atoms with Crippen molar-refractivity contribution in [3.63, 3.8) is 0 Å². The average Bonchev–Trinajstić information content (AvgIpc) is 3.47. The highest BCUT2D eigenvalue weighted by molar-refractivity contribution is 6.10. The Labute approximate surface area is 325 Å². The van der Waals surface area contributed by atoms with Crippen molar-refractivity contribution in [1.82, 2.24) is 10.2 Å². The fourth-order valence-electron chi connectivity index (χ4n) is 12.1. The molecule has 8 heteroatoms. The van der Waals surface area contributed by atoms with E-state index < -0.39 is 27.9 Å². The van der Waals surface area contributed by atoms with Crippen LogP contribution < -0.4 is 14.8 Å². The number of carbonyl (C=O) groups is 2. The van der Waals surface area contributed by atoms with Gasteiger partial charge in [0, 0.05) is 39.0 Å². The molecule has 8 nitrogen and oxygen atoms in total. The van der Waals surface area contributed by atoms with Crippen LogP contribution in [0.4, 0.5) is 4.79 Å². The van der Waals surface area contributed by atoms with Crippen molar-refractivity contribution < 1.29 is 29.3 Å². The van der Waals surface area contributed by atoms with Gasteiger partial charge in [-0.3, -0.25) is 4.79 Å². The normalized spacial score (nSPS) is 34.7. The van der Waals surface area contributed by atoms with E-state index in [-0.39, 0.29) is 48.2 Å². The summed E-state index contributed by atoms with van der Waals surface area (Å²) in [7, 11) is 3.22. The summed E-state index contributed by atoms with van der Waals surface area (Å²) in [6.07, 6.45) is 11.6. The van der Waals surface area contributed by atoms with Crippen LogP contribution in [0.5, 0.6) is 11.5 Å². The number of fused-ring (bicyclic) bond motifs is 1. The molecule has 0 radical (unpaired) electrons. The summed E-state index contributed by atoms with van der Waals surface area (Å²) in [5.41, 5.74) is 0.321. The maximum atomic E-state index is 14.8. The molecule has 2 spiro atoms. The van der Waals surface area contributed by atoms with Crippen LogP contribution in [0.2, 0.25) is 0 Å². The summed E-state index contributed by atoms with van der Waals surface area (Å²) >= 11 is 0. The second-order valence-corrected chi connectivity index (χ2v) is 17.6. The molecule has 3 aromatic carbocycles. The third-order valence-corrected chi connectivity index (χ3v) is 15.2. The van der Waals surface area contributed by atoms with E-state index in [1.54, 1.807) is 19.1 Å². The third kappa shape index (κ3) is 5.68. The molecule has 0 aliphatic heterocycles. The number of ether oxygens (including phenoxy) is 2. The van der Waals surface area contributed by atoms with Gasteiger partial charge >= 0.3 is 6.03 Å². The number of nitrogens with zero attached hydrogens (tertiary/aromatic N) is 1. The lowest BCUT2D eigenvalue weighted by atomic mass is 9.32. The van der Waals surface area contributed by atoms with Crippen molar-refractivity contribution in [2.75, 3.05) is 20.8 Å². The minimum absolute atomic E-state index is 0.0374. The first-order chi connectivity index (χ1) is 26.3. The predicted molar refractivity (Wildman–Crippen MR) is 213 cm³/mol. The summed E-state index contributed by atoms with van der Waals surface area (Å²) in [5.74, 6) is 1.44. The Morgan fingerprint density at radius 3 is 2.25 bits per heavy atom. The summed E-state index contributed by atoms with van der Waals surface area (Å²) in [6.45, 7) is 6.93. The Bertz CT molecular complexity index is 2020. The summed E-state index contributed by atoms with van der Waals surface area (Å²) in [4.78, 5) is 31.1. The second-order valence-electron chi connectivity index (χ2n) is 17.6. The molecule has 3 N–H and O–H groups in total. The molecule has 2 amide bonds. The zero-order valence-corrected chi connectivity index (χ0v) is 32.9. The number of urea groups is 1. The number of ketones is 1. The lowest BCUT2D eigenvalue weighted by molar-refractivity contribution is -0.174. The molecule has 6 aliphatic carbocycles. The molecular formula is C47H56N2O6. The van der Waals surface area contributed by atoms with Gasteiger partial charge in [0.1, 0.15) is 11.5 Å². The largest absolute Gasteiger partial charge is 0.497 e. The number of aliphatic hydroxyl groups is 2. The molecule has 9 atom stereocenters. The average molecular weight is 745 g/mol. The third-order valence-electron chi connectivity index (χ3n) is 15.2. The van der Waals surface area contributed by atoms with Crippen molar-refractivity contribution in [1.29, 1.82) is 0 Å². The number of nitrogens with one attached hydrogen (secondary N) is 1. The van der Waals surface area contributed by atoms with Gasteiger partial charge in [-0.2, -0.15) is 0 Å². The first kappa shape index (κ1) is 37.5. The lowest BCUT2D eigenvalue weighted by Gasteiger charge is -2.71. The number of aliphatic hydroxyl groups excluding tert-OH is 1. The predicted octanol–water partition coefficient (Wildman–Crippen LogP) is 8.45. The van der Waals surface area contributed by atoms with Crippen molar-refractivity contribution >= 4 is 11.8 Å². The number of amides is 2. The van der Waals surface area contributed by atoms with Gasteiger partial charge in [-0.1, -0.05) is 92.7 Å². The lowest BCUT2D eigenvalue weighted by Crippen LogP contribution is -2.67. The number of rotatable bonds is 10. The highest BCUT2D eigenvalue weighted by Gasteiger charge is 2.74. The van der Waals surface area contributed by atoms with Crippen molar-refractivity contribution in [3.05, 3.63) is 119 Å². The van der Waals surface area contributed by atoms with Crippen LogP contribution in [0.15, 0.2) is 103 Å². The maximum Gasteiger partial charge on any atom is 0.318 e. The van der Waals surface area contributed by atoms with Gasteiger partial charge in [0.25, 0.3) is 0 Å². The topological polar surface area (TPSA) is 108 Å². The van der Waals surface area contributed by atoms with Gasteiger partial charge < -0.3 is 29.9 Å². The summed E-state index contributed by atoms with van der Waals surface area (Å²) in [6, 6.07) is 24.5. The zero-order chi connectivity index (χ0) is 38.8. The number of hydrogen-bond donors (Lipinski definition) is 3. The van der Waals surface area contributed by atoms with E-state index in [9.17, 15) is 19.8 Å². The molecule has 0 heterocycles. The number of methoxy groups -OCH3 is 2. The Kier molecular flexibility index (Phi) is 9.32. The highest BCUT2D eigenvalue weighted by Crippen LogP contribution is 2.78. The molecule has 2 bridgehead atoms. The van der Waals surface area contributed by atoms with E-state index in [2.05, 4.69) is 37.4 Å². The number of allylic oxidation sites excluding steroid dienone is 4. The van der Waals surface area contributed by atoms with Crippen LogP contribution in [0.1, 0.15) is 93.2 Å². The van der Waals surface area contributed by atoms with E-state index in [0.29, 0.717) is 29.9 Å². The van der Waals surface area contributed by atoms with Crippen molar-refractivity contribution in [2.45, 2.75) is 90.0 Å². The van der Waals surface area contributed by atoms with Crippen LogP contribution in [0.3, 0.4) is 0 Å². The Morgan fingerprint density at radius 1 is 0.873 bits per heavy atom. The molecule has 9 unspecified atom stereocenters. The highest BCUT2D eigenvalue weighted by atomic mass is 16.5. The molecule has 0 saturated heterocycles.